The second-order valence-corrected chi connectivity index (χ2v) is 7.38. The van der Waals surface area contributed by atoms with Crippen molar-refractivity contribution in [2.75, 3.05) is 0 Å². The van der Waals surface area contributed by atoms with Crippen molar-refractivity contribution in [3.63, 3.8) is 0 Å². The minimum absolute atomic E-state index is 0.191. The number of aromatic nitrogens is 3. The Morgan fingerprint density at radius 3 is 2.55 bits per heavy atom. The van der Waals surface area contributed by atoms with E-state index in [0.29, 0.717) is 22.0 Å². The molecule has 0 aliphatic carbocycles. The summed E-state index contributed by atoms with van der Waals surface area (Å²) in [7, 11) is 0. The van der Waals surface area contributed by atoms with Gasteiger partial charge in [-0.05, 0) is 37.3 Å². The Hall–Kier alpha value is -3.45. The largest absolute Gasteiger partial charge is 0.346 e. The van der Waals surface area contributed by atoms with Crippen molar-refractivity contribution in [2.24, 2.45) is 0 Å². The van der Waals surface area contributed by atoms with Crippen LogP contribution in [-0.2, 0) is 6.54 Å². The molecule has 1 N–H and O–H groups in total. The highest BCUT2D eigenvalue weighted by Crippen LogP contribution is 2.27. The number of hydrogen-bond acceptors (Lipinski definition) is 5. The van der Waals surface area contributed by atoms with E-state index < -0.39 is 0 Å². The summed E-state index contributed by atoms with van der Waals surface area (Å²) in [5.41, 5.74) is 3.80. The molecule has 2 aromatic heterocycles. The highest BCUT2D eigenvalue weighted by atomic mass is 32.1. The first-order valence-electron chi connectivity index (χ1n) is 8.98. The summed E-state index contributed by atoms with van der Waals surface area (Å²) in [6, 6.07) is 17.6. The molecule has 5 nitrogen and oxygen atoms in total. The molecule has 4 rings (SSSR count). The summed E-state index contributed by atoms with van der Waals surface area (Å²) < 4.78 is 13.1. The van der Waals surface area contributed by atoms with Gasteiger partial charge in [0, 0.05) is 11.1 Å². The zero-order chi connectivity index (χ0) is 20.2. The Morgan fingerprint density at radius 1 is 1.03 bits per heavy atom. The lowest BCUT2D eigenvalue weighted by atomic mass is 10.1. The molecule has 0 unspecified atom stereocenters. The third-order valence-electron chi connectivity index (χ3n) is 4.32. The van der Waals surface area contributed by atoms with E-state index in [1.165, 1.54) is 29.8 Å². The number of aryl methyl sites for hydroxylation is 1. The first-order valence-corrected chi connectivity index (χ1v) is 9.80. The molecule has 0 bridgehead atoms. The van der Waals surface area contributed by atoms with Crippen LogP contribution in [0.5, 0.6) is 0 Å². The van der Waals surface area contributed by atoms with Gasteiger partial charge in [-0.15, -0.1) is 11.3 Å². The molecule has 1 amide bonds. The molecule has 0 spiro atoms. The molecule has 7 heteroatoms. The first kappa shape index (κ1) is 18.9. The van der Waals surface area contributed by atoms with Crippen LogP contribution in [0.2, 0.25) is 0 Å². The van der Waals surface area contributed by atoms with Gasteiger partial charge in [0.25, 0.3) is 5.91 Å². The number of carbonyl (C=O) groups is 1. The molecule has 2 heterocycles. The first-order chi connectivity index (χ1) is 14.1. The van der Waals surface area contributed by atoms with Crippen molar-refractivity contribution in [3.05, 3.63) is 89.1 Å². The van der Waals surface area contributed by atoms with Gasteiger partial charge in [0.1, 0.15) is 22.0 Å². The van der Waals surface area contributed by atoms with Crippen molar-refractivity contribution in [3.8, 4) is 21.8 Å². The van der Waals surface area contributed by atoms with Crippen LogP contribution in [0.15, 0.2) is 67.0 Å². The van der Waals surface area contributed by atoms with Crippen molar-refractivity contribution >= 4 is 17.2 Å². The van der Waals surface area contributed by atoms with Gasteiger partial charge in [-0.1, -0.05) is 30.3 Å². The molecule has 0 atom stereocenters. The summed E-state index contributed by atoms with van der Waals surface area (Å²) >= 11 is 1.37. The fraction of sp³-hybridized carbons (Fsp3) is 0.0909. The number of nitrogens with one attached hydrogen (secondary N) is 1. The Kier molecular flexibility index (Phi) is 5.39. The molecule has 0 fully saturated rings. The van der Waals surface area contributed by atoms with Gasteiger partial charge in [0.05, 0.1) is 23.6 Å². The van der Waals surface area contributed by atoms with Gasteiger partial charge >= 0.3 is 0 Å². The summed E-state index contributed by atoms with van der Waals surface area (Å²) in [6.07, 6.45) is 1.44. The highest BCUT2D eigenvalue weighted by Gasteiger charge is 2.16. The maximum Gasteiger partial charge on any atom is 0.263 e. The average Bonchev–Trinajstić information content (AvgIpc) is 3.15. The lowest BCUT2D eigenvalue weighted by molar-refractivity contribution is 0.0953. The third kappa shape index (κ3) is 4.35. The van der Waals surface area contributed by atoms with E-state index in [4.69, 9.17) is 0 Å². The van der Waals surface area contributed by atoms with Crippen molar-refractivity contribution < 1.29 is 9.18 Å². The molecule has 29 heavy (non-hydrogen) atoms. The molecule has 0 aliphatic heterocycles. The normalized spacial score (nSPS) is 10.7. The van der Waals surface area contributed by atoms with Gasteiger partial charge in [-0.25, -0.2) is 19.3 Å². The molecule has 4 aromatic rings. The van der Waals surface area contributed by atoms with Gasteiger partial charge in [0.15, 0.2) is 0 Å². The molecule has 0 radical (unpaired) electrons. The van der Waals surface area contributed by atoms with Crippen LogP contribution in [0.25, 0.3) is 21.8 Å². The molecule has 0 saturated carbocycles. The van der Waals surface area contributed by atoms with E-state index in [1.54, 1.807) is 18.2 Å². The van der Waals surface area contributed by atoms with Crippen LogP contribution < -0.4 is 5.32 Å². The lowest BCUT2D eigenvalue weighted by Gasteiger charge is -2.06. The second-order valence-electron chi connectivity index (χ2n) is 6.38. The van der Waals surface area contributed by atoms with E-state index >= 15 is 0 Å². The van der Waals surface area contributed by atoms with E-state index in [9.17, 15) is 9.18 Å². The van der Waals surface area contributed by atoms with E-state index in [0.717, 1.165) is 16.1 Å². The van der Waals surface area contributed by atoms with Crippen LogP contribution in [0, 0.1) is 12.7 Å². The monoisotopic (exact) mass is 404 g/mol. The number of carbonyl (C=O) groups excluding carboxylic acids is 1. The van der Waals surface area contributed by atoms with Crippen LogP contribution in [0.1, 0.15) is 21.1 Å². The smallest absolute Gasteiger partial charge is 0.263 e. The predicted molar refractivity (Wildman–Crippen MR) is 111 cm³/mol. The van der Waals surface area contributed by atoms with Gasteiger partial charge in [-0.2, -0.15) is 0 Å². The SMILES string of the molecule is Cc1nc(-c2ccccc2)sc1C(=O)NCc1cc(-c2ccc(F)cc2)ncn1. The molecule has 0 aliphatic rings. The minimum Gasteiger partial charge on any atom is -0.346 e. The van der Waals surface area contributed by atoms with Crippen LogP contribution in [0.3, 0.4) is 0 Å². The Balaban J connectivity index is 1.47. The zero-order valence-electron chi connectivity index (χ0n) is 15.6. The fourth-order valence-electron chi connectivity index (χ4n) is 2.84. The Morgan fingerprint density at radius 2 is 1.79 bits per heavy atom. The summed E-state index contributed by atoms with van der Waals surface area (Å²) in [6.45, 7) is 2.09. The molecular formula is C22H17FN4OS. The maximum absolute atomic E-state index is 13.1. The number of nitrogens with zero attached hydrogens (tertiary/aromatic N) is 3. The number of hydrogen-bond donors (Lipinski definition) is 1. The van der Waals surface area contributed by atoms with Crippen molar-refractivity contribution in [2.45, 2.75) is 13.5 Å². The van der Waals surface area contributed by atoms with E-state index in [2.05, 4.69) is 20.3 Å². The topological polar surface area (TPSA) is 67.8 Å². The number of rotatable bonds is 5. The average molecular weight is 404 g/mol. The molecular weight excluding hydrogens is 387 g/mol. The molecule has 0 saturated heterocycles. The Bertz CT molecular complexity index is 1140. The number of halogens is 1. The van der Waals surface area contributed by atoms with Crippen LogP contribution in [0.4, 0.5) is 4.39 Å². The van der Waals surface area contributed by atoms with Crippen LogP contribution in [-0.4, -0.2) is 20.9 Å². The Labute approximate surface area is 171 Å². The third-order valence-corrected chi connectivity index (χ3v) is 5.52. The van der Waals surface area contributed by atoms with Crippen molar-refractivity contribution in [1.82, 2.24) is 20.3 Å². The summed E-state index contributed by atoms with van der Waals surface area (Å²) in [5, 5.41) is 3.70. The fourth-order valence-corrected chi connectivity index (χ4v) is 3.82. The quantitative estimate of drug-likeness (QED) is 0.526. The number of benzene rings is 2. The number of amides is 1. The lowest BCUT2D eigenvalue weighted by Crippen LogP contribution is -2.23. The molecule has 2 aromatic carbocycles. The highest BCUT2D eigenvalue weighted by molar-refractivity contribution is 7.17. The van der Waals surface area contributed by atoms with Gasteiger partial charge in [0.2, 0.25) is 0 Å². The predicted octanol–water partition coefficient (Wildman–Crippen LogP) is 4.64. The van der Waals surface area contributed by atoms with Gasteiger partial charge < -0.3 is 5.32 Å². The van der Waals surface area contributed by atoms with Gasteiger partial charge in [-0.3, -0.25) is 4.79 Å². The van der Waals surface area contributed by atoms with Crippen LogP contribution >= 0.6 is 11.3 Å². The van der Waals surface area contributed by atoms with Crippen molar-refractivity contribution in [1.29, 1.82) is 0 Å². The maximum atomic E-state index is 13.1. The summed E-state index contributed by atoms with van der Waals surface area (Å²) in [5.74, 6) is -0.491. The van der Waals surface area contributed by atoms with E-state index in [-0.39, 0.29) is 18.3 Å². The van der Waals surface area contributed by atoms with E-state index in [1.807, 2.05) is 37.3 Å². The molecule has 144 valence electrons. The minimum atomic E-state index is -0.301. The summed E-state index contributed by atoms with van der Waals surface area (Å²) in [4.78, 5) is 26.2. The second kappa shape index (κ2) is 8.28. The zero-order valence-corrected chi connectivity index (χ0v) is 16.4. The number of thiazole rings is 1. The standard InChI is InChI=1S/C22H17FN4OS/c1-14-20(29-22(27-14)16-5-3-2-4-6-16)21(28)24-12-18-11-19(26-13-25-18)15-7-9-17(23)10-8-15/h2-11,13H,12H2,1H3,(H,24,28).